The van der Waals surface area contributed by atoms with Crippen molar-refractivity contribution in [2.75, 3.05) is 6.16 Å². The molecular formula is C6H14IP. The van der Waals surface area contributed by atoms with E-state index in [9.17, 15) is 0 Å². The van der Waals surface area contributed by atoms with Gasteiger partial charge < -0.3 is 24.0 Å². The van der Waals surface area contributed by atoms with E-state index >= 15 is 0 Å². The summed E-state index contributed by atoms with van der Waals surface area (Å²) in [7, 11) is 2.13. The molecule has 1 unspecified atom stereocenters. The molecule has 0 aliphatic heterocycles. The standard InChI is InChI=1S/C6H13P.HI/c7-5-6-3-1-2-4-6;/h6H,1-5,7H2;1H. The third kappa shape index (κ3) is 2.63. The van der Waals surface area contributed by atoms with E-state index in [2.05, 4.69) is 9.24 Å². The Kier molecular flexibility index (Phi) is 5.71. The Labute approximate surface area is 71.0 Å². The average molecular weight is 244 g/mol. The number of hydrogen-bond acceptors (Lipinski definition) is 0. The zero-order valence-corrected chi connectivity index (χ0v) is 8.77. The Morgan fingerprint density at radius 1 is 1.25 bits per heavy atom. The Morgan fingerprint density at radius 2 is 1.75 bits per heavy atom. The first-order valence-electron chi connectivity index (χ1n) is 3.22. The summed E-state index contributed by atoms with van der Waals surface area (Å²) in [4.78, 5) is 0. The van der Waals surface area contributed by atoms with Gasteiger partial charge in [-0.15, -0.1) is 0 Å². The van der Waals surface area contributed by atoms with Crippen LogP contribution in [0.5, 0.6) is 0 Å². The van der Waals surface area contributed by atoms with E-state index in [1.165, 1.54) is 31.8 Å². The fourth-order valence-corrected chi connectivity index (χ4v) is 1.88. The molecule has 1 aliphatic carbocycles. The maximum Gasteiger partial charge on any atom is 0.0554 e. The molecule has 1 rings (SSSR count). The molecule has 0 bridgehead atoms. The van der Waals surface area contributed by atoms with Gasteiger partial charge in [0.25, 0.3) is 0 Å². The Bertz CT molecular complexity index is 50.5. The highest BCUT2D eigenvalue weighted by atomic mass is 127. The molecule has 0 aromatic carbocycles. The maximum absolute atomic E-state index is 2.13. The minimum atomic E-state index is 0. The molecule has 2 heteroatoms. The van der Waals surface area contributed by atoms with Crippen LogP contribution in [0.1, 0.15) is 25.7 Å². The van der Waals surface area contributed by atoms with E-state index in [0.29, 0.717) is 0 Å². The predicted octanol–water partition coefficient (Wildman–Crippen LogP) is -1.21. The highest BCUT2D eigenvalue weighted by molar-refractivity contribution is 7.16. The van der Waals surface area contributed by atoms with Crippen molar-refractivity contribution >= 4 is 9.24 Å². The lowest BCUT2D eigenvalue weighted by Crippen LogP contribution is -3.00. The molecule has 0 nitrogen and oxygen atoms in total. The summed E-state index contributed by atoms with van der Waals surface area (Å²) in [6, 6.07) is 0. The second kappa shape index (κ2) is 4.99. The SMILES string of the molecule is [I-].[PH3+]CC1CCCC1. The van der Waals surface area contributed by atoms with E-state index in [1.54, 1.807) is 0 Å². The lowest BCUT2D eigenvalue weighted by Gasteiger charge is -1.96. The van der Waals surface area contributed by atoms with Crippen LogP contribution in [0.25, 0.3) is 0 Å². The molecule has 0 aromatic heterocycles. The smallest absolute Gasteiger partial charge is 0.0554 e. The van der Waals surface area contributed by atoms with Crippen molar-refractivity contribution in [3.63, 3.8) is 0 Å². The summed E-state index contributed by atoms with van der Waals surface area (Å²) >= 11 is 0. The highest BCUT2D eigenvalue weighted by Crippen LogP contribution is 2.25. The van der Waals surface area contributed by atoms with Gasteiger partial charge >= 0.3 is 0 Å². The fraction of sp³-hybridized carbons (Fsp3) is 1.00. The van der Waals surface area contributed by atoms with Gasteiger partial charge in [0.2, 0.25) is 0 Å². The topological polar surface area (TPSA) is 0 Å². The van der Waals surface area contributed by atoms with Crippen molar-refractivity contribution in [3.05, 3.63) is 0 Å². The minimum absolute atomic E-state index is 0. The van der Waals surface area contributed by atoms with E-state index in [0.717, 1.165) is 5.92 Å². The fourth-order valence-electron chi connectivity index (χ4n) is 1.30. The Balaban J connectivity index is 0.000000490. The summed E-state index contributed by atoms with van der Waals surface area (Å²) in [6.07, 6.45) is 7.49. The molecule has 1 saturated carbocycles. The van der Waals surface area contributed by atoms with Gasteiger partial charge in [0.15, 0.2) is 0 Å². The molecule has 0 saturated heterocycles. The van der Waals surface area contributed by atoms with Gasteiger partial charge in [0.1, 0.15) is 0 Å². The molecule has 0 N–H and O–H groups in total. The lowest BCUT2D eigenvalue weighted by molar-refractivity contribution is -0.00000146. The summed E-state index contributed by atoms with van der Waals surface area (Å²) in [5.41, 5.74) is 0. The second-order valence-electron chi connectivity index (χ2n) is 2.44. The first kappa shape index (κ1) is 9.16. The molecule has 1 fully saturated rings. The normalized spacial score (nSPS) is 21.0. The predicted molar refractivity (Wildman–Crippen MR) is 37.9 cm³/mol. The Morgan fingerprint density at radius 3 is 2.00 bits per heavy atom. The van der Waals surface area contributed by atoms with Crippen LogP contribution in [0.15, 0.2) is 0 Å². The first-order valence-corrected chi connectivity index (χ1v) is 4.22. The van der Waals surface area contributed by atoms with Crippen LogP contribution in [0, 0.1) is 5.92 Å². The van der Waals surface area contributed by atoms with Gasteiger partial charge in [-0.2, -0.15) is 0 Å². The molecule has 1 aliphatic rings. The van der Waals surface area contributed by atoms with Crippen molar-refractivity contribution < 1.29 is 24.0 Å². The van der Waals surface area contributed by atoms with Crippen molar-refractivity contribution in [2.45, 2.75) is 25.7 Å². The molecule has 0 heterocycles. The molecule has 0 radical (unpaired) electrons. The van der Waals surface area contributed by atoms with Crippen LogP contribution in [0.3, 0.4) is 0 Å². The lowest BCUT2D eigenvalue weighted by atomic mass is 10.1. The van der Waals surface area contributed by atoms with Crippen molar-refractivity contribution in [2.24, 2.45) is 5.92 Å². The van der Waals surface area contributed by atoms with Gasteiger partial charge in [-0.1, -0.05) is 12.8 Å². The molecule has 0 amide bonds. The van der Waals surface area contributed by atoms with Crippen molar-refractivity contribution in [1.82, 2.24) is 0 Å². The third-order valence-corrected chi connectivity index (χ3v) is 2.70. The van der Waals surface area contributed by atoms with Gasteiger partial charge in [0, 0.05) is 0 Å². The van der Waals surface area contributed by atoms with E-state index in [-0.39, 0.29) is 24.0 Å². The second-order valence-corrected chi connectivity index (χ2v) is 3.02. The third-order valence-electron chi connectivity index (χ3n) is 1.88. The van der Waals surface area contributed by atoms with Crippen LogP contribution in [-0.2, 0) is 0 Å². The van der Waals surface area contributed by atoms with Crippen molar-refractivity contribution in [3.8, 4) is 0 Å². The monoisotopic (exact) mass is 244 g/mol. The average Bonchev–Trinajstić information content (AvgIpc) is 2.14. The van der Waals surface area contributed by atoms with E-state index in [4.69, 9.17) is 0 Å². The van der Waals surface area contributed by atoms with Crippen LogP contribution < -0.4 is 24.0 Å². The summed E-state index contributed by atoms with van der Waals surface area (Å²) in [5.74, 6) is 1.11. The van der Waals surface area contributed by atoms with Gasteiger partial charge in [-0.25, -0.2) is 0 Å². The van der Waals surface area contributed by atoms with Crippen LogP contribution >= 0.6 is 9.24 Å². The Hall–Kier alpha value is 1.16. The van der Waals surface area contributed by atoms with Crippen LogP contribution in [0.4, 0.5) is 0 Å². The van der Waals surface area contributed by atoms with Crippen LogP contribution in [-0.4, -0.2) is 6.16 Å². The highest BCUT2D eigenvalue weighted by Gasteiger charge is 2.13. The number of hydrogen-bond donors (Lipinski definition) is 0. The van der Waals surface area contributed by atoms with Crippen molar-refractivity contribution in [1.29, 1.82) is 0 Å². The molecule has 8 heavy (non-hydrogen) atoms. The van der Waals surface area contributed by atoms with Gasteiger partial charge in [0.05, 0.1) is 6.16 Å². The summed E-state index contributed by atoms with van der Waals surface area (Å²) in [6.45, 7) is 0. The number of halogens is 1. The molecule has 50 valence electrons. The maximum atomic E-state index is 2.13. The summed E-state index contributed by atoms with van der Waals surface area (Å²) in [5, 5.41) is 0. The zero-order chi connectivity index (χ0) is 5.11. The van der Waals surface area contributed by atoms with E-state index in [1.807, 2.05) is 0 Å². The molecule has 0 aromatic rings. The number of rotatable bonds is 1. The quantitative estimate of drug-likeness (QED) is 0.401. The zero-order valence-electron chi connectivity index (χ0n) is 5.20. The van der Waals surface area contributed by atoms with Crippen LogP contribution in [0.2, 0.25) is 0 Å². The van der Waals surface area contributed by atoms with E-state index < -0.39 is 0 Å². The van der Waals surface area contributed by atoms with Gasteiger partial charge in [-0.3, -0.25) is 0 Å². The molecule has 1 atom stereocenters. The largest absolute Gasteiger partial charge is 1.00 e. The minimum Gasteiger partial charge on any atom is -1.00 e. The molecule has 0 spiro atoms. The summed E-state index contributed by atoms with van der Waals surface area (Å²) < 4.78 is 0. The van der Waals surface area contributed by atoms with Gasteiger partial charge in [-0.05, 0) is 28.0 Å². The molecular weight excluding hydrogens is 230 g/mol. The first-order chi connectivity index (χ1) is 3.43.